The molecular weight excluding hydrogens is 352 g/mol. The van der Waals surface area contributed by atoms with E-state index in [2.05, 4.69) is 50.3 Å². The molecule has 1 N–H and O–H groups in total. The highest BCUT2D eigenvalue weighted by Gasteiger charge is 2.23. The van der Waals surface area contributed by atoms with E-state index < -0.39 is 0 Å². The first kappa shape index (κ1) is 18.5. The molecule has 2 aliphatic rings. The van der Waals surface area contributed by atoms with E-state index in [9.17, 15) is 10.4 Å². The summed E-state index contributed by atoms with van der Waals surface area (Å²) < 4.78 is 2.01. The number of benzene rings is 1. The van der Waals surface area contributed by atoms with Gasteiger partial charge in [0, 0.05) is 44.8 Å². The molecule has 1 aromatic heterocycles. The Morgan fingerprint density at radius 3 is 2.54 bits per heavy atom. The summed E-state index contributed by atoms with van der Waals surface area (Å²) in [5, 5.41) is 28.9. The Kier molecular flexibility index (Phi) is 5.58. The van der Waals surface area contributed by atoms with Crippen LogP contribution in [0, 0.1) is 11.3 Å². The van der Waals surface area contributed by atoms with Crippen molar-refractivity contribution < 1.29 is 5.11 Å². The predicted molar refractivity (Wildman–Crippen MR) is 108 cm³/mol. The molecule has 2 aromatic rings. The van der Waals surface area contributed by atoms with Crippen molar-refractivity contribution in [2.75, 3.05) is 37.6 Å². The summed E-state index contributed by atoms with van der Waals surface area (Å²) in [5.74, 6) is 1.53. The molecule has 2 aliphatic heterocycles. The second-order valence-electron chi connectivity index (χ2n) is 7.43. The topological polar surface area (TPSA) is 81.2 Å². The predicted octanol–water partition coefficient (Wildman–Crippen LogP) is 2.62. The molecule has 28 heavy (non-hydrogen) atoms. The van der Waals surface area contributed by atoms with E-state index in [4.69, 9.17) is 0 Å². The van der Waals surface area contributed by atoms with Gasteiger partial charge in [0.05, 0.1) is 6.54 Å². The first-order valence-corrected chi connectivity index (χ1v) is 10.0. The molecule has 1 aromatic carbocycles. The van der Waals surface area contributed by atoms with Crippen LogP contribution in [0.1, 0.15) is 30.9 Å². The number of allylic oxidation sites excluding steroid dienone is 1. The first-order chi connectivity index (χ1) is 13.8. The summed E-state index contributed by atoms with van der Waals surface area (Å²) in [7, 11) is 0. The van der Waals surface area contributed by atoms with E-state index in [1.54, 1.807) is 0 Å². The Bertz CT molecular complexity index is 874. The van der Waals surface area contributed by atoms with Gasteiger partial charge in [-0.2, -0.15) is 5.26 Å². The van der Waals surface area contributed by atoms with Crippen LogP contribution in [0.15, 0.2) is 36.1 Å². The van der Waals surface area contributed by atoms with Gasteiger partial charge >= 0.3 is 0 Å². The number of hydrogen-bond acceptors (Lipinski definition) is 6. The third-order valence-electron chi connectivity index (χ3n) is 5.60. The molecule has 7 heteroatoms. The monoisotopic (exact) mass is 378 g/mol. The lowest BCUT2D eigenvalue weighted by Crippen LogP contribution is -2.47. The summed E-state index contributed by atoms with van der Waals surface area (Å²) in [6, 6.07) is 12.5. The summed E-state index contributed by atoms with van der Waals surface area (Å²) in [4.78, 5) is 4.53. The zero-order valence-corrected chi connectivity index (χ0v) is 16.1. The van der Waals surface area contributed by atoms with Crippen molar-refractivity contribution in [3.63, 3.8) is 0 Å². The molecule has 1 saturated heterocycles. The van der Waals surface area contributed by atoms with Gasteiger partial charge in [-0.05, 0) is 25.0 Å². The maximum absolute atomic E-state index is 10.7. The highest BCUT2D eigenvalue weighted by molar-refractivity contribution is 5.74. The van der Waals surface area contributed by atoms with E-state index >= 15 is 0 Å². The van der Waals surface area contributed by atoms with Crippen LogP contribution in [-0.4, -0.2) is 57.5 Å². The highest BCUT2D eigenvalue weighted by atomic mass is 16.3. The van der Waals surface area contributed by atoms with Crippen molar-refractivity contribution in [2.45, 2.75) is 32.2 Å². The van der Waals surface area contributed by atoms with E-state index in [-0.39, 0.29) is 11.3 Å². The number of aliphatic hydroxyl groups is 1. The fourth-order valence-electron chi connectivity index (χ4n) is 4.01. The Hall–Kier alpha value is -2.85. The molecule has 0 bridgehead atoms. The van der Waals surface area contributed by atoms with E-state index in [0.29, 0.717) is 12.4 Å². The molecular formula is C21H26N6O. The Labute approximate surface area is 165 Å². The molecule has 0 radical (unpaired) electrons. The smallest absolute Gasteiger partial charge is 0.178 e. The van der Waals surface area contributed by atoms with Crippen molar-refractivity contribution in [2.24, 2.45) is 0 Å². The number of fused-ring (bicyclic) bond motifs is 1. The number of rotatable bonds is 4. The zero-order chi connectivity index (χ0) is 19.3. The molecule has 0 atom stereocenters. The maximum Gasteiger partial charge on any atom is 0.178 e. The second-order valence-corrected chi connectivity index (χ2v) is 7.43. The molecule has 3 heterocycles. The Morgan fingerprint density at radius 1 is 1.00 bits per heavy atom. The van der Waals surface area contributed by atoms with Crippen LogP contribution in [0.25, 0.3) is 5.57 Å². The average Bonchev–Trinajstić information content (AvgIpc) is 2.97. The molecule has 0 aliphatic carbocycles. The maximum atomic E-state index is 10.7. The van der Waals surface area contributed by atoms with Crippen molar-refractivity contribution in [1.29, 1.82) is 5.26 Å². The zero-order valence-electron chi connectivity index (χ0n) is 16.1. The molecule has 4 rings (SSSR count). The summed E-state index contributed by atoms with van der Waals surface area (Å²) in [6.07, 6.45) is 4.19. The van der Waals surface area contributed by atoms with Crippen LogP contribution in [0.2, 0.25) is 0 Å². The normalized spacial score (nSPS) is 18.8. The number of aromatic nitrogens is 3. The third kappa shape index (κ3) is 3.87. The molecule has 0 amide bonds. The number of aryl methyl sites for hydroxylation is 1. The third-order valence-corrected chi connectivity index (χ3v) is 5.60. The van der Waals surface area contributed by atoms with Gasteiger partial charge in [0.2, 0.25) is 0 Å². The number of piperazine rings is 1. The summed E-state index contributed by atoms with van der Waals surface area (Å²) in [6.45, 7) is 4.67. The van der Waals surface area contributed by atoms with Gasteiger partial charge in [0.15, 0.2) is 5.82 Å². The number of aliphatic hydroxyl groups excluding tert-OH is 1. The second kappa shape index (κ2) is 8.44. The number of para-hydroxylation sites is 1. The van der Waals surface area contributed by atoms with Crippen LogP contribution in [-0.2, 0) is 13.0 Å². The standard InChI is InChI=1S/C21H26N6O/c22-15-18(21-24-23-20-9-5-2-6-10-27(20)21)19(28)16-25-11-13-26(14-12-25)17-7-3-1-4-8-17/h1,3-4,7-8,28H,2,5-6,9-14,16H2/b19-18-. The number of nitriles is 1. The minimum atomic E-state index is 0.0927. The Morgan fingerprint density at radius 2 is 1.79 bits per heavy atom. The van der Waals surface area contributed by atoms with Crippen molar-refractivity contribution >= 4 is 11.3 Å². The van der Waals surface area contributed by atoms with Crippen molar-refractivity contribution in [3.8, 4) is 6.07 Å². The lowest BCUT2D eigenvalue weighted by atomic mass is 10.2. The number of nitrogens with zero attached hydrogens (tertiary/aromatic N) is 6. The molecule has 0 saturated carbocycles. The SMILES string of the molecule is N#C/C(=C(/O)CN1CCN(c2ccccc2)CC1)c1nnc2n1CCCCC2. The van der Waals surface area contributed by atoms with Crippen LogP contribution in [0.5, 0.6) is 0 Å². The van der Waals surface area contributed by atoms with Crippen LogP contribution < -0.4 is 4.90 Å². The van der Waals surface area contributed by atoms with Crippen molar-refractivity contribution in [1.82, 2.24) is 19.7 Å². The summed E-state index contributed by atoms with van der Waals surface area (Å²) >= 11 is 0. The van der Waals surface area contributed by atoms with Gasteiger partial charge < -0.3 is 14.6 Å². The number of hydrogen-bond donors (Lipinski definition) is 1. The number of anilines is 1. The lowest BCUT2D eigenvalue weighted by Gasteiger charge is -2.36. The minimum Gasteiger partial charge on any atom is -0.509 e. The first-order valence-electron chi connectivity index (χ1n) is 10.0. The van der Waals surface area contributed by atoms with Gasteiger partial charge in [0.1, 0.15) is 23.2 Å². The van der Waals surface area contributed by atoms with E-state index in [1.165, 1.54) is 5.69 Å². The van der Waals surface area contributed by atoms with Crippen molar-refractivity contribution in [3.05, 3.63) is 47.7 Å². The largest absolute Gasteiger partial charge is 0.509 e. The average molecular weight is 378 g/mol. The minimum absolute atomic E-state index is 0.0927. The van der Waals surface area contributed by atoms with Gasteiger partial charge in [-0.25, -0.2) is 0 Å². The molecule has 146 valence electrons. The van der Waals surface area contributed by atoms with E-state index in [1.807, 2.05) is 10.6 Å². The van der Waals surface area contributed by atoms with Crippen LogP contribution in [0.3, 0.4) is 0 Å². The highest BCUT2D eigenvalue weighted by Crippen LogP contribution is 2.22. The molecule has 0 spiro atoms. The lowest BCUT2D eigenvalue weighted by molar-refractivity contribution is 0.239. The molecule has 0 unspecified atom stereocenters. The van der Waals surface area contributed by atoms with Crippen LogP contribution >= 0.6 is 0 Å². The quantitative estimate of drug-likeness (QED) is 0.651. The summed E-state index contributed by atoms with van der Waals surface area (Å²) in [5.41, 5.74) is 1.48. The molecule has 1 fully saturated rings. The van der Waals surface area contributed by atoms with Crippen LogP contribution in [0.4, 0.5) is 5.69 Å². The van der Waals surface area contributed by atoms with Gasteiger partial charge in [-0.15, -0.1) is 10.2 Å². The fraction of sp³-hybridized carbons (Fsp3) is 0.476. The van der Waals surface area contributed by atoms with Gasteiger partial charge in [-0.3, -0.25) is 4.90 Å². The van der Waals surface area contributed by atoms with Gasteiger partial charge in [-0.1, -0.05) is 24.6 Å². The Balaban J connectivity index is 1.45. The van der Waals surface area contributed by atoms with E-state index in [0.717, 1.165) is 64.2 Å². The molecule has 7 nitrogen and oxygen atoms in total. The fourth-order valence-corrected chi connectivity index (χ4v) is 4.01. The van der Waals surface area contributed by atoms with Gasteiger partial charge in [0.25, 0.3) is 0 Å².